The molecule has 0 saturated carbocycles. The van der Waals surface area contributed by atoms with Crippen LogP contribution in [-0.2, 0) is 0 Å². The van der Waals surface area contributed by atoms with Gasteiger partial charge in [0.05, 0.1) is 0 Å². The molecule has 5 nitrogen and oxygen atoms in total. The molecule has 5 heteroatoms. The van der Waals surface area contributed by atoms with E-state index >= 15 is 0 Å². The van der Waals surface area contributed by atoms with Crippen molar-refractivity contribution in [2.45, 2.75) is 32.1 Å². The normalized spacial score (nSPS) is 22.7. The summed E-state index contributed by atoms with van der Waals surface area (Å²) in [5.41, 5.74) is 1.28. The summed E-state index contributed by atoms with van der Waals surface area (Å²) < 4.78 is 0. The van der Waals surface area contributed by atoms with Crippen LogP contribution in [0.3, 0.4) is 0 Å². The minimum atomic E-state index is 0.0855. The maximum absolute atomic E-state index is 12.1. The molecule has 0 unspecified atom stereocenters. The van der Waals surface area contributed by atoms with Crippen molar-refractivity contribution in [3.05, 3.63) is 30.1 Å². The lowest BCUT2D eigenvalue weighted by Crippen LogP contribution is -2.52. The smallest absolute Gasteiger partial charge is 0.317 e. The monoisotopic (exact) mass is 316 g/mol. The van der Waals surface area contributed by atoms with Crippen LogP contribution < -0.4 is 5.32 Å². The van der Waals surface area contributed by atoms with Crippen LogP contribution in [0.25, 0.3) is 0 Å². The summed E-state index contributed by atoms with van der Waals surface area (Å²) >= 11 is 0. The fourth-order valence-corrected chi connectivity index (χ4v) is 3.59. The van der Waals surface area contributed by atoms with Gasteiger partial charge in [0.1, 0.15) is 0 Å². The molecule has 0 aromatic carbocycles. The number of nitrogens with one attached hydrogen (secondary N) is 1. The first-order valence-electron chi connectivity index (χ1n) is 8.87. The van der Waals surface area contributed by atoms with E-state index in [9.17, 15) is 4.79 Å². The number of hydrogen-bond acceptors (Lipinski definition) is 3. The highest BCUT2D eigenvalue weighted by molar-refractivity contribution is 5.75. The van der Waals surface area contributed by atoms with Crippen LogP contribution in [0, 0.1) is 5.92 Å². The lowest BCUT2D eigenvalue weighted by atomic mass is 9.93. The van der Waals surface area contributed by atoms with E-state index in [1.807, 2.05) is 29.4 Å². The predicted octanol–water partition coefficient (Wildman–Crippen LogP) is 2.31. The molecule has 0 aliphatic carbocycles. The second-order valence-electron chi connectivity index (χ2n) is 7.02. The number of aromatic nitrogens is 1. The Hall–Kier alpha value is -1.62. The molecule has 1 aromatic heterocycles. The zero-order valence-corrected chi connectivity index (χ0v) is 14.1. The Labute approximate surface area is 139 Å². The molecular weight excluding hydrogens is 288 g/mol. The van der Waals surface area contributed by atoms with Crippen molar-refractivity contribution < 1.29 is 4.79 Å². The topological polar surface area (TPSA) is 48.5 Å². The highest BCUT2D eigenvalue weighted by Crippen LogP contribution is 2.26. The van der Waals surface area contributed by atoms with E-state index in [2.05, 4.69) is 22.1 Å². The molecule has 0 radical (unpaired) electrons. The van der Waals surface area contributed by atoms with Gasteiger partial charge in [-0.25, -0.2) is 4.79 Å². The predicted molar refractivity (Wildman–Crippen MR) is 91.4 cm³/mol. The fourth-order valence-electron chi connectivity index (χ4n) is 3.59. The number of likely N-dealkylation sites (tertiary alicyclic amines) is 2. The van der Waals surface area contributed by atoms with E-state index in [0.29, 0.717) is 5.92 Å². The summed E-state index contributed by atoms with van der Waals surface area (Å²) in [6.45, 7) is 8.28. The Morgan fingerprint density at radius 3 is 2.83 bits per heavy atom. The summed E-state index contributed by atoms with van der Waals surface area (Å²) in [5, 5.41) is 3.06. The van der Waals surface area contributed by atoms with Crippen molar-refractivity contribution in [2.75, 3.05) is 39.3 Å². The highest BCUT2D eigenvalue weighted by atomic mass is 16.2. The zero-order chi connectivity index (χ0) is 16.1. The largest absolute Gasteiger partial charge is 0.338 e. The van der Waals surface area contributed by atoms with Crippen LogP contribution in [-0.4, -0.2) is 60.1 Å². The van der Waals surface area contributed by atoms with Gasteiger partial charge in [0.2, 0.25) is 0 Å². The molecule has 1 atom stereocenters. The number of hydrogen-bond donors (Lipinski definition) is 1. The molecule has 1 aromatic rings. The van der Waals surface area contributed by atoms with Crippen molar-refractivity contribution in [1.82, 2.24) is 20.1 Å². The zero-order valence-electron chi connectivity index (χ0n) is 14.1. The van der Waals surface area contributed by atoms with Crippen molar-refractivity contribution in [2.24, 2.45) is 5.92 Å². The Bertz CT molecular complexity index is 501. The molecule has 23 heavy (non-hydrogen) atoms. The standard InChI is InChI=1S/C18H28N4O/c1-15-4-2-10-21(12-15)11-3-7-20-18(23)22-13-17(14-22)16-5-8-19-9-6-16/h5-6,8-9,15,17H,2-4,7,10-14H2,1H3,(H,20,23)/t15-/m0/s1. The summed E-state index contributed by atoms with van der Waals surface area (Å²) in [4.78, 5) is 20.6. The lowest BCUT2D eigenvalue weighted by molar-refractivity contribution is 0.149. The quantitative estimate of drug-likeness (QED) is 0.848. The average Bonchev–Trinajstić information content (AvgIpc) is 2.51. The number of urea groups is 1. The van der Waals surface area contributed by atoms with Crippen LogP contribution >= 0.6 is 0 Å². The van der Waals surface area contributed by atoms with E-state index in [1.54, 1.807) is 0 Å². The van der Waals surface area contributed by atoms with Gasteiger partial charge in [0.15, 0.2) is 0 Å². The maximum atomic E-state index is 12.1. The van der Waals surface area contributed by atoms with Crippen molar-refractivity contribution >= 4 is 6.03 Å². The number of carbonyl (C=O) groups excluding carboxylic acids is 1. The minimum absolute atomic E-state index is 0.0855. The average molecular weight is 316 g/mol. The molecule has 0 spiro atoms. The number of amides is 2. The van der Waals surface area contributed by atoms with Gasteiger partial charge < -0.3 is 15.1 Å². The van der Waals surface area contributed by atoms with Crippen LogP contribution in [0.5, 0.6) is 0 Å². The number of rotatable bonds is 5. The van der Waals surface area contributed by atoms with Crippen molar-refractivity contribution in [3.63, 3.8) is 0 Å². The third-order valence-electron chi connectivity index (χ3n) is 5.01. The van der Waals surface area contributed by atoms with Gasteiger partial charge in [-0.2, -0.15) is 0 Å². The van der Waals surface area contributed by atoms with Gasteiger partial charge >= 0.3 is 6.03 Å². The first-order chi connectivity index (χ1) is 11.2. The third kappa shape index (κ3) is 4.44. The first kappa shape index (κ1) is 16.2. The Balaban J connectivity index is 1.29. The Morgan fingerprint density at radius 2 is 2.09 bits per heavy atom. The summed E-state index contributed by atoms with van der Waals surface area (Å²) in [6, 6.07) is 4.17. The second-order valence-corrected chi connectivity index (χ2v) is 7.02. The van der Waals surface area contributed by atoms with Gasteiger partial charge in [-0.3, -0.25) is 4.98 Å². The molecular formula is C18H28N4O. The maximum Gasteiger partial charge on any atom is 0.317 e. The first-order valence-corrected chi connectivity index (χ1v) is 8.87. The molecule has 2 saturated heterocycles. The van der Waals surface area contributed by atoms with Gasteiger partial charge in [-0.15, -0.1) is 0 Å². The molecule has 2 fully saturated rings. The number of pyridine rings is 1. The Morgan fingerprint density at radius 1 is 1.30 bits per heavy atom. The van der Waals surface area contributed by atoms with Crippen molar-refractivity contribution in [1.29, 1.82) is 0 Å². The summed E-state index contributed by atoms with van der Waals surface area (Å²) in [7, 11) is 0. The highest BCUT2D eigenvalue weighted by Gasteiger charge is 2.31. The SMILES string of the molecule is C[C@H]1CCCN(CCCNC(=O)N2CC(c3ccncc3)C2)C1. The van der Waals surface area contributed by atoms with Gasteiger partial charge in [-0.1, -0.05) is 6.92 Å². The molecule has 3 rings (SSSR count). The number of piperidine rings is 1. The van der Waals surface area contributed by atoms with Crippen LogP contribution in [0.2, 0.25) is 0 Å². The second kappa shape index (κ2) is 7.77. The molecule has 3 heterocycles. The van der Waals surface area contributed by atoms with E-state index in [4.69, 9.17) is 0 Å². The number of nitrogens with zero attached hydrogens (tertiary/aromatic N) is 3. The van der Waals surface area contributed by atoms with E-state index < -0.39 is 0 Å². The third-order valence-corrected chi connectivity index (χ3v) is 5.01. The summed E-state index contributed by atoms with van der Waals surface area (Å²) in [6.07, 6.45) is 7.36. The molecule has 1 N–H and O–H groups in total. The molecule has 0 bridgehead atoms. The van der Waals surface area contributed by atoms with E-state index in [1.165, 1.54) is 31.5 Å². The van der Waals surface area contributed by atoms with Gasteiger partial charge in [-0.05, 0) is 56.0 Å². The molecule has 2 amide bonds. The fraction of sp³-hybridized carbons (Fsp3) is 0.667. The molecule has 2 aliphatic rings. The Kier molecular flexibility index (Phi) is 5.49. The summed E-state index contributed by atoms with van der Waals surface area (Å²) in [5.74, 6) is 1.29. The van der Waals surface area contributed by atoms with Crippen LogP contribution in [0.1, 0.15) is 37.7 Å². The molecule has 2 aliphatic heterocycles. The number of carbonyl (C=O) groups is 1. The van der Waals surface area contributed by atoms with Gasteiger partial charge in [0.25, 0.3) is 0 Å². The van der Waals surface area contributed by atoms with Crippen molar-refractivity contribution in [3.8, 4) is 0 Å². The van der Waals surface area contributed by atoms with E-state index in [0.717, 1.165) is 38.5 Å². The van der Waals surface area contributed by atoms with Crippen LogP contribution in [0.4, 0.5) is 4.79 Å². The minimum Gasteiger partial charge on any atom is -0.338 e. The van der Waals surface area contributed by atoms with E-state index in [-0.39, 0.29) is 6.03 Å². The van der Waals surface area contributed by atoms with Crippen LogP contribution in [0.15, 0.2) is 24.5 Å². The molecule has 126 valence electrons. The van der Waals surface area contributed by atoms with Gasteiger partial charge in [0, 0.05) is 44.5 Å². The lowest BCUT2D eigenvalue weighted by Gasteiger charge is -2.39.